The van der Waals surface area contributed by atoms with Crippen LogP contribution in [0.5, 0.6) is 5.75 Å². The number of carbonyl (C=O) groups is 2. The molecule has 2 rings (SSSR count). The summed E-state index contributed by atoms with van der Waals surface area (Å²) in [6, 6.07) is 5.89. The van der Waals surface area contributed by atoms with Crippen molar-refractivity contribution in [2.75, 3.05) is 19.8 Å². The van der Waals surface area contributed by atoms with E-state index in [4.69, 9.17) is 14.2 Å². The topological polar surface area (TPSA) is 73.9 Å². The molecule has 152 valence electrons. The van der Waals surface area contributed by atoms with Crippen molar-refractivity contribution in [3.05, 3.63) is 51.9 Å². The Morgan fingerprint density at radius 2 is 1.36 bits per heavy atom. The van der Waals surface area contributed by atoms with Crippen LogP contribution in [0.25, 0.3) is 0 Å². The molecule has 0 atom stereocenters. The van der Waals surface area contributed by atoms with Crippen LogP contribution >= 0.6 is 0 Å². The van der Waals surface area contributed by atoms with Gasteiger partial charge in [0, 0.05) is 11.4 Å². The van der Waals surface area contributed by atoms with Crippen LogP contribution in [-0.4, -0.2) is 31.8 Å². The summed E-state index contributed by atoms with van der Waals surface area (Å²) in [4.78, 5) is 25.3. The molecular formula is C22H29NO5. The van der Waals surface area contributed by atoms with Crippen molar-refractivity contribution < 1.29 is 23.8 Å². The Morgan fingerprint density at radius 1 is 0.893 bits per heavy atom. The monoisotopic (exact) mass is 387 g/mol. The average Bonchev–Trinajstić information content (AvgIpc) is 2.61. The standard InChI is InChI=1S/C22H29NO5/c1-7-26-21(24)18-15(5)23-16(6)19(22(25)27-8-2)17(18)12-28-20-13(3)10-9-11-14(20)4/h9-11,17,23H,7-8,12H2,1-6H3. The van der Waals surface area contributed by atoms with E-state index in [2.05, 4.69) is 5.32 Å². The van der Waals surface area contributed by atoms with Crippen LogP contribution in [0.4, 0.5) is 0 Å². The van der Waals surface area contributed by atoms with Crippen LogP contribution in [0.1, 0.15) is 38.8 Å². The molecule has 0 unspecified atom stereocenters. The lowest BCUT2D eigenvalue weighted by Gasteiger charge is -2.30. The number of aryl methyl sites for hydroxylation is 2. The van der Waals surface area contributed by atoms with E-state index in [9.17, 15) is 9.59 Å². The second kappa shape index (κ2) is 9.44. The smallest absolute Gasteiger partial charge is 0.336 e. The van der Waals surface area contributed by atoms with Gasteiger partial charge in [-0.15, -0.1) is 0 Å². The predicted octanol–water partition coefficient (Wildman–Crippen LogP) is 3.58. The van der Waals surface area contributed by atoms with Crippen molar-refractivity contribution in [3.8, 4) is 5.75 Å². The lowest BCUT2D eigenvalue weighted by atomic mass is 9.86. The van der Waals surface area contributed by atoms with Gasteiger partial charge in [-0.05, 0) is 52.7 Å². The van der Waals surface area contributed by atoms with E-state index in [0.717, 1.165) is 16.9 Å². The van der Waals surface area contributed by atoms with E-state index < -0.39 is 17.9 Å². The van der Waals surface area contributed by atoms with Gasteiger partial charge in [0.25, 0.3) is 0 Å². The molecule has 0 radical (unpaired) electrons. The quantitative estimate of drug-likeness (QED) is 0.721. The van der Waals surface area contributed by atoms with Gasteiger partial charge in [0.1, 0.15) is 5.75 Å². The molecule has 1 heterocycles. The summed E-state index contributed by atoms with van der Waals surface area (Å²) in [6.45, 7) is 11.6. The highest BCUT2D eigenvalue weighted by atomic mass is 16.5. The maximum absolute atomic E-state index is 12.6. The number of para-hydroxylation sites is 1. The van der Waals surface area contributed by atoms with Gasteiger partial charge in [-0.2, -0.15) is 0 Å². The van der Waals surface area contributed by atoms with E-state index in [1.54, 1.807) is 27.7 Å². The van der Waals surface area contributed by atoms with Gasteiger partial charge in [-0.25, -0.2) is 9.59 Å². The Bertz CT molecular complexity index is 762. The highest BCUT2D eigenvalue weighted by molar-refractivity contribution is 5.97. The Morgan fingerprint density at radius 3 is 1.79 bits per heavy atom. The largest absolute Gasteiger partial charge is 0.492 e. The fraction of sp³-hybridized carbons (Fsp3) is 0.455. The van der Waals surface area contributed by atoms with Gasteiger partial charge in [0.2, 0.25) is 0 Å². The molecule has 0 saturated carbocycles. The van der Waals surface area contributed by atoms with Crippen molar-refractivity contribution in [1.82, 2.24) is 5.32 Å². The Labute approximate surface area is 166 Å². The molecule has 6 heteroatoms. The van der Waals surface area contributed by atoms with Crippen molar-refractivity contribution in [1.29, 1.82) is 0 Å². The zero-order valence-electron chi connectivity index (χ0n) is 17.5. The third-order valence-corrected chi connectivity index (χ3v) is 4.67. The maximum atomic E-state index is 12.6. The van der Waals surface area contributed by atoms with Crippen LogP contribution < -0.4 is 10.1 Å². The first kappa shape index (κ1) is 21.5. The second-order valence-corrected chi connectivity index (χ2v) is 6.73. The SMILES string of the molecule is CCOC(=O)C1=C(C)NC(C)=C(C(=O)OCC)C1COc1c(C)cccc1C. The second-order valence-electron chi connectivity index (χ2n) is 6.73. The summed E-state index contributed by atoms with van der Waals surface area (Å²) >= 11 is 0. The number of allylic oxidation sites excluding steroid dienone is 2. The number of hydrogen-bond donors (Lipinski definition) is 1. The lowest BCUT2D eigenvalue weighted by molar-refractivity contribution is -0.140. The van der Waals surface area contributed by atoms with Crippen LogP contribution in [-0.2, 0) is 19.1 Å². The van der Waals surface area contributed by atoms with Gasteiger partial charge in [-0.1, -0.05) is 18.2 Å². The van der Waals surface area contributed by atoms with E-state index >= 15 is 0 Å². The summed E-state index contributed by atoms with van der Waals surface area (Å²) < 4.78 is 16.6. The fourth-order valence-corrected chi connectivity index (χ4v) is 3.45. The lowest BCUT2D eigenvalue weighted by Crippen LogP contribution is -2.36. The summed E-state index contributed by atoms with van der Waals surface area (Å²) in [7, 11) is 0. The summed E-state index contributed by atoms with van der Waals surface area (Å²) in [5.74, 6) is -0.755. The van der Waals surface area contributed by atoms with Gasteiger partial charge >= 0.3 is 11.9 Å². The van der Waals surface area contributed by atoms with Gasteiger partial charge in [0.05, 0.1) is 36.9 Å². The minimum absolute atomic E-state index is 0.129. The predicted molar refractivity (Wildman–Crippen MR) is 107 cm³/mol. The molecule has 1 N–H and O–H groups in total. The summed E-state index contributed by atoms with van der Waals surface area (Å²) in [5, 5.41) is 3.11. The molecule has 1 aliphatic heterocycles. The van der Waals surface area contributed by atoms with Crippen LogP contribution in [0.3, 0.4) is 0 Å². The zero-order valence-corrected chi connectivity index (χ0v) is 17.5. The maximum Gasteiger partial charge on any atom is 0.336 e. The highest BCUT2D eigenvalue weighted by Crippen LogP contribution is 2.33. The molecule has 0 saturated heterocycles. The van der Waals surface area contributed by atoms with Crippen molar-refractivity contribution in [2.45, 2.75) is 41.5 Å². The van der Waals surface area contributed by atoms with Gasteiger partial charge < -0.3 is 19.5 Å². The molecule has 1 aliphatic rings. The molecule has 0 amide bonds. The highest BCUT2D eigenvalue weighted by Gasteiger charge is 2.37. The number of esters is 2. The van der Waals surface area contributed by atoms with E-state index in [-0.39, 0.29) is 19.8 Å². The van der Waals surface area contributed by atoms with Crippen molar-refractivity contribution in [3.63, 3.8) is 0 Å². The third kappa shape index (κ3) is 4.55. The number of dihydropyridines is 1. The van der Waals surface area contributed by atoms with Crippen LogP contribution in [0, 0.1) is 19.8 Å². The molecule has 0 spiro atoms. The minimum atomic E-state index is -0.585. The molecule has 0 aromatic heterocycles. The van der Waals surface area contributed by atoms with Crippen LogP contribution in [0.2, 0.25) is 0 Å². The Kier molecular flexibility index (Phi) is 7.26. The number of carbonyl (C=O) groups excluding carboxylic acids is 2. The molecule has 1 aromatic carbocycles. The number of benzene rings is 1. The first-order chi connectivity index (χ1) is 13.3. The average molecular weight is 387 g/mol. The molecule has 0 fully saturated rings. The first-order valence-corrected chi connectivity index (χ1v) is 9.53. The molecule has 0 bridgehead atoms. The Balaban J connectivity index is 2.44. The third-order valence-electron chi connectivity index (χ3n) is 4.67. The molecule has 1 aromatic rings. The fourth-order valence-electron chi connectivity index (χ4n) is 3.45. The zero-order chi connectivity index (χ0) is 20.8. The summed E-state index contributed by atoms with van der Waals surface area (Å²) in [6.07, 6.45) is 0. The van der Waals surface area contributed by atoms with Crippen LogP contribution in [0.15, 0.2) is 40.7 Å². The molecule has 6 nitrogen and oxygen atoms in total. The van der Waals surface area contributed by atoms with Crippen molar-refractivity contribution >= 4 is 11.9 Å². The van der Waals surface area contributed by atoms with E-state index in [0.29, 0.717) is 22.5 Å². The van der Waals surface area contributed by atoms with E-state index in [1.807, 2.05) is 32.0 Å². The van der Waals surface area contributed by atoms with E-state index in [1.165, 1.54) is 0 Å². The Hall–Kier alpha value is -2.76. The summed E-state index contributed by atoms with van der Waals surface area (Å²) in [5.41, 5.74) is 4.07. The number of ether oxygens (including phenoxy) is 3. The number of hydrogen-bond acceptors (Lipinski definition) is 6. The number of nitrogens with one attached hydrogen (secondary N) is 1. The molecule has 28 heavy (non-hydrogen) atoms. The van der Waals surface area contributed by atoms with Gasteiger partial charge in [-0.3, -0.25) is 0 Å². The number of rotatable bonds is 7. The normalized spacial score (nSPS) is 14.6. The molecular weight excluding hydrogens is 358 g/mol. The minimum Gasteiger partial charge on any atom is -0.492 e. The molecule has 0 aliphatic carbocycles. The first-order valence-electron chi connectivity index (χ1n) is 9.53. The van der Waals surface area contributed by atoms with Crippen molar-refractivity contribution in [2.24, 2.45) is 5.92 Å². The van der Waals surface area contributed by atoms with Gasteiger partial charge in [0.15, 0.2) is 0 Å².